The number of nitrogens with one attached hydrogen (secondary N) is 1. The van der Waals surface area contributed by atoms with Crippen molar-refractivity contribution in [2.75, 3.05) is 18.9 Å². The van der Waals surface area contributed by atoms with Crippen molar-refractivity contribution < 1.29 is 9.53 Å². The Kier molecular flexibility index (Phi) is 5.76. The van der Waals surface area contributed by atoms with Gasteiger partial charge in [0.25, 0.3) is 0 Å². The van der Waals surface area contributed by atoms with Gasteiger partial charge in [0.1, 0.15) is 0 Å². The Morgan fingerprint density at radius 1 is 1.46 bits per heavy atom. The number of rotatable bonds is 6. The maximum absolute atomic E-state index is 11.9. The molecular formula is C16H19ClN4O2S. The van der Waals surface area contributed by atoms with Crippen LogP contribution >= 0.6 is 23.4 Å². The summed E-state index contributed by atoms with van der Waals surface area (Å²) in [6.07, 6.45) is 2.23. The molecule has 2 aromatic rings. The first-order valence-electron chi connectivity index (χ1n) is 7.80. The number of carbonyl (C=O) groups excluding carboxylic acids is 1. The number of ether oxygens (including phenoxy) is 1. The van der Waals surface area contributed by atoms with E-state index < -0.39 is 0 Å². The van der Waals surface area contributed by atoms with Crippen molar-refractivity contribution in [1.82, 2.24) is 20.1 Å². The molecule has 1 atom stereocenters. The summed E-state index contributed by atoms with van der Waals surface area (Å²) in [6.45, 7) is 1.36. The van der Waals surface area contributed by atoms with Gasteiger partial charge in [0.05, 0.1) is 16.9 Å². The van der Waals surface area contributed by atoms with E-state index in [-0.39, 0.29) is 12.0 Å². The molecular weight excluding hydrogens is 348 g/mol. The molecule has 1 amide bonds. The fourth-order valence-electron chi connectivity index (χ4n) is 2.53. The lowest BCUT2D eigenvalue weighted by Gasteiger charge is -2.10. The number of carbonyl (C=O) groups is 1. The lowest BCUT2D eigenvalue weighted by atomic mass is 10.2. The number of benzene rings is 1. The summed E-state index contributed by atoms with van der Waals surface area (Å²) < 4.78 is 7.33. The summed E-state index contributed by atoms with van der Waals surface area (Å²) in [5.41, 5.74) is 0.823. The SMILES string of the molecule is Cn1c(SCC(=O)NCC2CCCO2)nnc1-c1ccccc1Cl. The zero-order valence-corrected chi connectivity index (χ0v) is 14.9. The molecule has 128 valence electrons. The van der Waals surface area contributed by atoms with E-state index in [0.717, 1.165) is 25.0 Å². The van der Waals surface area contributed by atoms with Gasteiger partial charge in [-0.05, 0) is 25.0 Å². The van der Waals surface area contributed by atoms with Crippen LogP contribution in [0.1, 0.15) is 12.8 Å². The molecule has 3 rings (SSSR count). The van der Waals surface area contributed by atoms with E-state index in [0.29, 0.717) is 28.3 Å². The van der Waals surface area contributed by atoms with Crippen LogP contribution in [0.15, 0.2) is 29.4 Å². The van der Waals surface area contributed by atoms with Gasteiger partial charge in [-0.25, -0.2) is 0 Å². The fourth-order valence-corrected chi connectivity index (χ4v) is 3.49. The molecule has 1 aromatic carbocycles. The molecule has 6 nitrogen and oxygen atoms in total. The van der Waals surface area contributed by atoms with E-state index in [1.54, 1.807) is 0 Å². The van der Waals surface area contributed by atoms with Gasteiger partial charge in [-0.2, -0.15) is 0 Å². The Labute approximate surface area is 149 Å². The van der Waals surface area contributed by atoms with Crippen LogP contribution in [0, 0.1) is 0 Å². The number of amides is 1. The third-order valence-corrected chi connectivity index (χ3v) is 5.18. The second kappa shape index (κ2) is 8.00. The van der Waals surface area contributed by atoms with Crippen LogP contribution in [0.2, 0.25) is 5.02 Å². The van der Waals surface area contributed by atoms with Gasteiger partial charge in [-0.15, -0.1) is 10.2 Å². The number of aromatic nitrogens is 3. The van der Waals surface area contributed by atoms with Crippen LogP contribution in [0.4, 0.5) is 0 Å². The highest BCUT2D eigenvalue weighted by atomic mass is 35.5. The number of hydrogen-bond donors (Lipinski definition) is 1. The fraction of sp³-hybridized carbons (Fsp3) is 0.438. The number of thioether (sulfide) groups is 1. The second-order valence-electron chi connectivity index (χ2n) is 5.57. The number of halogens is 1. The first-order valence-corrected chi connectivity index (χ1v) is 9.17. The quantitative estimate of drug-likeness (QED) is 0.795. The molecule has 1 aliphatic heterocycles. The van der Waals surface area contributed by atoms with Gasteiger partial charge >= 0.3 is 0 Å². The average Bonchev–Trinajstić information content (AvgIpc) is 3.22. The molecule has 0 saturated carbocycles. The number of hydrogen-bond acceptors (Lipinski definition) is 5. The maximum atomic E-state index is 11.9. The predicted octanol–water partition coefficient (Wildman–Crippen LogP) is 2.52. The van der Waals surface area contributed by atoms with E-state index in [2.05, 4.69) is 15.5 Å². The Balaban J connectivity index is 1.56. The van der Waals surface area contributed by atoms with Crippen LogP contribution < -0.4 is 5.32 Å². The van der Waals surface area contributed by atoms with Gasteiger partial charge < -0.3 is 14.6 Å². The third kappa shape index (κ3) is 4.09. The highest BCUT2D eigenvalue weighted by Gasteiger charge is 2.17. The molecule has 1 aliphatic rings. The zero-order valence-electron chi connectivity index (χ0n) is 13.4. The van der Waals surface area contributed by atoms with Gasteiger partial charge in [0, 0.05) is 25.8 Å². The van der Waals surface area contributed by atoms with Crippen LogP contribution in [-0.2, 0) is 16.6 Å². The van der Waals surface area contributed by atoms with E-state index >= 15 is 0 Å². The van der Waals surface area contributed by atoms with Crippen molar-refractivity contribution in [3.8, 4) is 11.4 Å². The van der Waals surface area contributed by atoms with Crippen molar-refractivity contribution in [2.45, 2.75) is 24.1 Å². The number of nitrogens with zero attached hydrogens (tertiary/aromatic N) is 3. The van der Waals surface area contributed by atoms with E-state index in [4.69, 9.17) is 16.3 Å². The second-order valence-corrected chi connectivity index (χ2v) is 6.92. The predicted molar refractivity (Wildman–Crippen MR) is 94.2 cm³/mol. The van der Waals surface area contributed by atoms with Crippen molar-refractivity contribution in [3.05, 3.63) is 29.3 Å². The summed E-state index contributed by atoms with van der Waals surface area (Å²) in [6, 6.07) is 7.49. The third-order valence-electron chi connectivity index (χ3n) is 3.83. The lowest BCUT2D eigenvalue weighted by Crippen LogP contribution is -2.32. The summed E-state index contributed by atoms with van der Waals surface area (Å²) >= 11 is 7.56. The summed E-state index contributed by atoms with van der Waals surface area (Å²) in [4.78, 5) is 11.9. The topological polar surface area (TPSA) is 69.0 Å². The van der Waals surface area contributed by atoms with Crippen molar-refractivity contribution in [2.24, 2.45) is 7.05 Å². The van der Waals surface area contributed by atoms with Gasteiger partial charge in [0.2, 0.25) is 5.91 Å². The Morgan fingerprint density at radius 3 is 3.04 bits per heavy atom. The summed E-state index contributed by atoms with van der Waals surface area (Å²) in [7, 11) is 1.87. The van der Waals surface area contributed by atoms with Gasteiger partial charge in [-0.1, -0.05) is 35.5 Å². The minimum absolute atomic E-state index is 0.0298. The maximum Gasteiger partial charge on any atom is 0.230 e. The normalized spacial score (nSPS) is 17.2. The highest BCUT2D eigenvalue weighted by Crippen LogP contribution is 2.28. The first-order chi connectivity index (χ1) is 11.6. The summed E-state index contributed by atoms with van der Waals surface area (Å²) in [5, 5.41) is 12.5. The highest BCUT2D eigenvalue weighted by molar-refractivity contribution is 7.99. The van der Waals surface area contributed by atoms with Gasteiger partial charge in [0.15, 0.2) is 11.0 Å². The molecule has 1 aromatic heterocycles. The molecule has 1 saturated heterocycles. The monoisotopic (exact) mass is 366 g/mol. The largest absolute Gasteiger partial charge is 0.376 e. The van der Waals surface area contributed by atoms with Crippen molar-refractivity contribution in [3.63, 3.8) is 0 Å². The molecule has 1 N–H and O–H groups in total. The minimum Gasteiger partial charge on any atom is -0.376 e. The molecule has 8 heteroatoms. The first kappa shape index (κ1) is 17.3. The smallest absolute Gasteiger partial charge is 0.230 e. The van der Waals surface area contributed by atoms with E-state index in [1.165, 1.54) is 11.8 Å². The molecule has 0 aliphatic carbocycles. The van der Waals surface area contributed by atoms with Crippen molar-refractivity contribution >= 4 is 29.3 Å². The molecule has 24 heavy (non-hydrogen) atoms. The molecule has 2 heterocycles. The van der Waals surface area contributed by atoms with Gasteiger partial charge in [-0.3, -0.25) is 4.79 Å². The van der Waals surface area contributed by atoms with E-state index in [9.17, 15) is 4.79 Å². The molecule has 1 fully saturated rings. The Hall–Kier alpha value is -1.57. The lowest BCUT2D eigenvalue weighted by molar-refractivity contribution is -0.119. The molecule has 0 spiro atoms. The van der Waals surface area contributed by atoms with Crippen LogP contribution in [0.25, 0.3) is 11.4 Å². The molecule has 1 unspecified atom stereocenters. The standard InChI is InChI=1S/C16H19ClN4O2S/c1-21-15(12-6-2-3-7-13(12)17)19-20-16(21)24-10-14(22)18-9-11-5-4-8-23-11/h2-3,6-7,11H,4-5,8-10H2,1H3,(H,18,22). The van der Waals surface area contributed by atoms with Crippen molar-refractivity contribution in [1.29, 1.82) is 0 Å². The summed E-state index contributed by atoms with van der Waals surface area (Å²) in [5.74, 6) is 0.946. The zero-order chi connectivity index (χ0) is 16.9. The Morgan fingerprint density at radius 2 is 2.29 bits per heavy atom. The minimum atomic E-state index is -0.0298. The average molecular weight is 367 g/mol. The van der Waals surface area contributed by atoms with E-state index in [1.807, 2.05) is 35.9 Å². The molecule has 0 bridgehead atoms. The molecule has 0 radical (unpaired) electrons. The van der Waals surface area contributed by atoms with Crippen LogP contribution in [-0.4, -0.2) is 45.7 Å². The van der Waals surface area contributed by atoms with Crippen LogP contribution in [0.5, 0.6) is 0 Å². The Bertz CT molecular complexity index is 716. The van der Waals surface area contributed by atoms with Crippen LogP contribution in [0.3, 0.4) is 0 Å².